The molecule has 0 saturated carbocycles. The Morgan fingerprint density at radius 3 is 2.45 bits per heavy atom. The zero-order chi connectivity index (χ0) is 16.5. The van der Waals surface area contributed by atoms with E-state index in [1.807, 2.05) is 18.2 Å². The van der Waals surface area contributed by atoms with Crippen LogP contribution in [0.25, 0.3) is 0 Å². The predicted molar refractivity (Wildman–Crippen MR) is 89.9 cm³/mol. The molecule has 0 aliphatic heterocycles. The van der Waals surface area contributed by atoms with E-state index in [0.717, 1.165) is 64.2 Å². The first-order valence-corrected chi connectivity index (χ1v) is 8.56. The van der Waals surface area contributed by atoms with E-state index in [4.69, 9.17) is 10.4 Å². The summed E-state index contributed by atoms with van der Waals surface area (Å²) in [6.45, 7) is 2.15. The molecule has 0 spiro atoms. The molecule has 0 bridgehead atoms. The molecule has 0 aromatic carbocycles. The fourth-order valence-electron chi connectivity index (χ4n) is 2.21. The lowest BCUT2D eigenvalue weighted by Crippen LogP contribution is -2.06. The molecule has 0 rings (SSSR count). The van der Waals surface area contributed by atoms with Gasteiger partial charge in [0.2, 0.25) is 0 Å². The first kappa shape index (κ1) is 20.9. The van der Waals surface area contributed by atoms with Crippen molar-refractivity contribution >= 4 is 5.97 Å². The number of aliphatic carboxylic acids is 1. The van der Waals surface area contributed by atoms with E-state index in [0.29, 0.717) is 0 Å². The van der Waals surface area contributed by atoms with Crippen molar-refractivity contribution in [3.05, 3.63) is 24.3 Å². The number of hydrogen-bond acceptors (Lipinski definition) is 3. The Hall–Kier alpha value is -1.13. The van der Waals surface area contributed by atoms with Gasteiger partial charge in [0.1, 0.15) is 6.10 Å². The van der Waals surface area contributed by atoms with Crippen molar-refractivity contribution < 1.29 is 20.0 Å². The maximum atomic E-state index is 10.3. The molecule has 4 heteroatoms. The van der Waals surface area contributed by atoms with Crippen LogP contribution in [0.15, 0.2) is 24.3 Å². The number of allylic oxidation sites excluding steroid dienone is 3. The Morgan fingerprint density at radius 2 is 1.77 bits per heavy atom. The second kappa shape index (κ2) is 16.2. The van der Waals surface area contributed by atoms with Crippen LogP contribution >= 0.6 is 0 Å². The molecule has 0 fully saturated rings. The van der Waals surface area contributed by atoms with Gasteiger partial charge in [-0.1, -0.05) is 69.8 Å². The van der Waals surface area contributed by atoms with Gasteiger partial charge in [-0.05, 0) is 25.7 Å². The molecule has 0 aliphatic carbocycles. The minimum atomic E-state index is -0.699. The van der Waals surface area contributed by atoms with Crippen LogP contribution < -0.4 is 0 Å². The summed E-state index contributed by atoms with van der Waals surface area (Å²) in [5.74, 6) is -0.699. The highest BCUT2D eigenvalue weighted by Crippen LogP contribution is 2.09. The van der Waals surface area contributed by atoms with Crippen molar-refractivity contribution in [3.8, 4) is 0 Å². The van der Waals surface area contributed by atoms with Crippen molar-refractivity contribution in [1.82, 2.24) is 0 Å². The zero-order valence-electron chi connectivity index (χ0n) is 13.9. The summed E-state index contributed by atoms with van der Waals surface area (Å²) in [5, 5.41) is 17.3. The lowest BCUT2D eigenvalue weighted by molar-refractivity contribution is -0.267. The van der Waals surface area contributed by atoms with Gasteiger partial charge in [0.15, 0.2) is 0 Å². The molecule has 0 aromatic heterocycles. The fourth-order valence-corrected chi connectivity index (χ4v) is 2.21. The monoisotopic (exact) mass is 312 g/mol. The molecule has 2 N–H and O–H groups in total. The molecule has 0 heterocycles. The third kappa shape index (κ3) is 15.3. The van der Waals surface area contributed by atoms with E-state index in [1.54, 1.807) is 0 Å². The minimum Gasteiger partial charge on any atom is -0.481 e. The normalized spacial score (nSPS) is 13.2. The van der Waals surface area contributed by atoms with Crippen LogP contribution in [0.2, 0.25) is 0 Å². The van der Waals surface area contributed by atoms with Crippen molar-refractivity contribution in [2.45, 2.75) is 83.7 Å². The van der Waals surface area contributed by atoms with Crippen molar-refractivity contribution in [3.63, 3.8) is 0 Å². The van der Waals surface area contributed by atoms with Crippen LogP contribution in [-0.2, 0) is 9.68 Å². The molecule has 0 amide bonds. The van der Waals surface area contributed by atoms with Gasteiger partial charge in [-0.3, -0.25) is 10.1 Å². The van der Waals surface area contributed by atoms with Crippen molar-refractivity contribution in [2.24, 2.45) is 0 Å². The number of hydrogen-bond donors (Lipinski definition) is 2. The van der Waals surface area contributed by atoms with Crippen molar-refractivity contribution in [2.75, 3.05) is 0 Å². The van der Waals surface area contributed by atoms with Gasteiger partial charge in [0, 0.05) is 6.42 Å². The molecular formula is C18H32O4. The Kier molecular flexibility index (Phi) is 15.4. The first-order chi connectivity index (χ1) is 10.7. The molecule has 0 aromatic rings. The molecule has 4 nitrogen and oxygen atoms in total. The predicted octanol–water partition coefficient (Wildman–Crippen LogP) is 5.35. The summed E-state index contributed by atoms with van der Waals surface area (Å²) < 4.78 is 0. The Balaban J connectivity index is 3.51. The van der Waals surface area contributed by atoms with Gasteiger partial charge in [0.25, 0.3) is 0 Å². The molecular weight excluding hydrogens is 280 g/mol. The second-order valence-electron chi connectivity index (χ2n) is 5.65. The van der Waals surface area contributed by atoms with Crippen LogP contribution in [0.4, 0.5) is 0 Å². The largest absolute Gasteiger partial charge is 0.481 e. The van der Waals surface area contributed by atoms with Crippen LogP contribution in [-0.4, -0.2) is 22.4 Å². The van der Waals surface area contributed by atoms with E-state index in [2.05, 4.69) is 17.9 Å². The van der Waals surface area contributed by atoms with Crippen LogP contribution in [0.1, 0.15) is 77.6 Å². The molecule has 128 valence electrons. The van der Waals surface area contributed by atoms with Crippen molar-refractivity contribution in [1.29, 1.82) is 0 Å². The average molecular weight is 312 g/mol. The number of carboxylic acid groups (broad SMARTS) is 1. The van der Waals surface area contributed by atoms with Gasteiger partial charge in [0.05, 0.1) is 0 Å². The standard InChI is InChI=1S/C18H32O4/c1-2-3-11-14-17(22-21)15-12-9-7-5-4-6-8-10-13-16-18(19)20/h7,9,12,15,17,21H,2-6,8,10-11,13-14,16H2,1H3,(H,19,20)/b9-7?,15-12+. The maximum absolute atomic E-state index is 10.3. The Labute approximate surface area is 134 Å². The molecule has 1 atom stereocenters. The quantitative estimate of drug-likeness (QED) is 0.185. The van der Waals surface area contributed by atoms with E-state index >= 15 is 0 Å². The molecule has 0 aliphatic rings. The van der Waals surface area contributed by atoms with E-state index < -0.39 is 5.97 Å². The lowest BCUT2D eigenvalue weighted by atomic mass is 10.1. The number of carboxylic acids is 1. The number of carbonyl (C=O) groups is 1. The summed E-state index contributed by atoms with van der Waals surface area (Å²) in [4.78, 5) is 14.8. The van der Waals surface area contributed by atoms with E-state index in [-0.39, 0.29) is 12.5 Å². The van der Waals surface area contributed by atoms with Crippen LogP contribution in [0.3, 0.4) is 0 Å². The third-order valence-corrected chi connectivity index (χ3v) is 3.56. The van der Waals surface area contributed by atoms with Gasteiger partial charge in [-0.15, -0.1) is 0 Å². The zero-order valence-corrected chi connectivity index (χ0v) is 13.9. The highest BCUT2D eigenvalue weighted by atomic mass is 17.1. The van der Waals surface area contributed by atoms with Gasteiger partial charge in [-0.2, -0.15) is 0 Å². The molecule has 0 radical (unpaired) electrons. The first-order valence-electron chi connectivity index (χ1n) is 8.56. The lowest BCUT2D eigenvalue weighted by Gasteiger charge is -2.07. The van der Waals surface area contributed by atoms with Crippen LogP contribution in [0, 0.1) is 0 Å². The average Bonchev–Trinajstić information content (AvgIpc) is 2.50. The summed E-state index contributed by atoms with van der Waals surface area (Å²) in [5.41, 5.74) is 0. The topological polar surface area (TPSA) is 66.8 Å². The highest BCUT2D eigenvalue weighted by molar-refractivity contribution is 5.66. The summed E-state index contributed by atoms with van der Waals surface area (Å²) >= 11 is 0. The van der Waals surface area contributed by atoms with Gasteiger partial charge < -0.3 is 5.11 Å². The summed E-state index contributed by atoms with van der Waals surface area (Å²) in [6.07, 6.45) is 18.5. The summed E-state index contributed by atoms with van der Waals surface area (Å²) in [6, 6.07) is 0. The van der Waals surface area contributed by atoms with Gasteiger partial charge >= 0.3 is 5.97 Å². The Bertz CT molecular complexity index is 310. The maximum Gasteiger partial charge on any atom is 0.303 e. The molecule has 1 unspecified atom stereocenters. The third-order valence-electron chi connectivity index (χ3n) is 3.56. The summed E-state index contributed by atoms with van der Waals surface area (Å²) in [7, 11) is 0. The smallest absolute Gasteiger partial charge is 0.303 e. The van der Waals surface area contributed by atoms with E-state index in [9.17, 15) is 4.79 Å². The van der Waals surface area contributed by atoms with Gasteiger partial charge in [-0.25, -0.2) is 4.89 Å². The van der Waals surface area contributed by atoms with E-state index in [1.165, 1.54) is 0 Å². The Morgan fingerprint density at radius 1 is 1.05 bits per heavy atom. The molecule has 22 heavy (non-hydrogen) atoms. The minimum absolute atomic E-state index is 0.203. The SMILES string of the molecule is CCCCCC(/C=C/C=CCCCCCCCC(=O)O)OO. The fraction of sp³-hybridized carbons (Fsp3) is 0.722. The molecule has 0 saturated heterocycles. The number of rotatable bonds is 15. The second-order valence-corrected chi connectivity index (χ2v) is 5.65. The highest BCUT2D eigenvalue weighted by Gasteiger charge is 2.02. The number of unbranched alkanes of at least 4 members (excludes halogenated alkanes) is 7. The van der Waals surface area contributed by atoms with Crippen LogP contribution in [0.5, 0.6) is 0 Å².